The summed E-state index contributed by atoms with van der Waals surface area (Å²) in [5.41, 5.74) is 1.60. The molecule has 0 spiro atoms. The third kappa shape index (κ3) is 4.46. The lowest BCUT2D eigenvalue weighted by Crippen LogP contribution is -2.34. The highest BCUT2D eigenvalue weighted by Crippen LogP contribution is 2.34. The molecule has 0 amide bonds. The van der Waals surface area contributed by atoms with Crippen LogP contribution in [0, 0.1) is 17.8 Å². The molecule has 1 N–H and O–H groups in total. The fraction of sp³-hybridized carbons (Fsp3) is 0.875. The van der Waals surface area contributed by atoms with Crippen LogP contribution in [0.3, 0.4) is 0 Å². The third-order valence-electron chi connectivity index (χ3n) is 4.39. The van der Waals surface area contributed by atoms with E-state index in [4.69, 9.17) is 0 Å². The summed E-state index contributed by atoms with van der Waals surface area (Å²) in [6.07, 6.45) is 10.8. The molecule has 1 fully saturated rings. The van der Waals surface area contributed by atoms with Crippen LogP contribution in [0.4, 0.5) is 0 Å². The molecule has 2 rings (SSSR count). The van der Waals surface area contributed by atoms with E-state index in [0.29, 0.717) is 0 Å². The van der Waals surface area contributed by atoms with Crippen LogP contribution in [-0.2, 0) is 0 Å². The maximum atomic E-state index is 3.82. The molecule has 0 heterocycles. The van der Waals surface area contributed by atoms with E-state index in [9.17, 15) is 0 Å². The van der Waals surface area contributed by atoms with E-state index in [2.05, 4.69) is 32.2 Å². The predicted molar refractivity (Wildman–Crippen MR) is 75.1 cm³/mol. The van der Waals surface area contributed by atoms with Crippen molar-refractivity contribution >= 4 is 0 Å². The van der Waals surface area contributed by atoms with E-state index in [1.165, 1.54) is 45.1 Å². The van der Waals surface area contributed by atoms with Gasteiger partial charge in [-0.3, -0.25) is 0 Å². The standard InChI is InChI=1S/C16H29N/c1-4-16(10-14-5-6-14)17-11-15-8-12(2)7-13(3)9-15/h7,12,14-17H,4-6,8-11H2,1-3H3. The van der Waals surface area contributed by atoms with Gasteiger partial charge in [0.2, 0.25) is 0 Å². The number of nitrogens with one attached hydrogen (secondary N) is 1. The van der Waals surface area contributed by atoms with Crippen LogP contribution in [-0.4, -0.2) is 12.6 Å². The molecule has 98 valence electrons. The molecule has 1 nitrogen and oxygen atoms in total. The minimum absolute atomic E-state index is 0.781. The smallest absolute Gasteiger partial charge is 0.00671 e. The molecule has 0 aromatic rings. The SMILES string of the molecule is CCC(CC1CC1)NCC1CC(C)=CC(C)C1. The van der Waals surface area contributed by atoms with Gasteiger partial charge in [0, 0.05) is 6.04 Å². The highest BCUT2D eigenvalue weighted by atomic mass is 14.9. The van der Waals surface area contributed by atoms with Crippen LogP contribution in [0.1, 0.15) is 59.3 Å². The summed E-state index contributed by atoms with van der Waals surface area (Å²) in [6, 6.07) is 0.781. The Bertz CT molecular complexity index is 265. The maximum absolute atomic E-state index is 3.82. The second-order valence-corrected chi connectivity index (χ2v) is 6.49. The van der Waals surface area contributed by atoms with Gasteiger partial charge in [-0.15, -0.1) is 0 Å². The lowest BCUT2D eigenvalue weighted by molar-refractivity contribution is 0.344. The van der Waals surface area contributed by atoms with Crippen LogP contribution >= 0.6 is 0 Å². The third-order valence-corrected chi connectivity index (χ3v) is 4.39. The van der Waals surface area contributed by atoms with Crippen molar-refractivity contribution in [1.82, 2.24) is 5.32 Å². The minimum Gasteiger partial charge on any atom is -0.314 e. The Morgan fingerprint density at radius 2 is 2.12 bits per heavy atom. The van der Waals surface area contributed by atoms with Crippen LogP contribution in [0.2, 0.25) is 0 Å². The van der Waals surface area contributed by atoms with E-state index in [-0.39, 0.29) is 0 Å². The lowest BCUT2D eigenvalue weighted by atomic mass is 9.83. The molecule has 0 aromatic heterocycles. The van der Waals surface area contributed by atoms with Gasteiger partial charge in [0.15, 0.2) is 0 Å². The van der Waals surface area contributed by atoms with Gasteiger partial charge in [0.05, 0.1) is 0 Å². The van der Waals surface area contributed by atoms with Crippen LogP contribution in [0.15, 0.2) is 11.6 Å². The first-order chi connectivity index (χ1) is 8.17. The van der Waals surface area contributed by atoms with Gasteiger partial charge >= 0.3 is 0 Å². The molecule has 3 atom stereocenters. The fourth-order valence-corrected chi connectivity index (χ4v) is 3.33. The molecule has 0 radical (unpaired) electrons. The Morgan fingerprint density at radius 3 is 2.71 bits per heavy atom. The summed E-state index contributed by atoms with van der Waals surface area (Å²) in [4.78, 5) is 0. The first-order valence-electron chi connectivity index (χ1n) is 7.58. The van der Waals surface area contributed by atoms with E-state index in [0.717, 1.165) is 23.8 Å². The number of rotatable bonds is 6. The van der Waals surface area contributed by atoms with E-state index >= 15 is 0 Å². The zero-order valence-corrected chi connectivity index (χ0v) is 11.8. The van der Waals surface area contributed by atoms with Gasteiger partial charge in [-0.25, -0.2) is 0 Å². The van der Waals surface area contributed by atoms with Gasteiger partial charge in [0.25, 0.3) is 0 Å². The summed E-state index contributed by atoms with van der Waals surface area (Å²) in [6.45, 7) is 8.22. The topological polar surface area (TPSA) is 12.0 Å². The molecule has 0 aliphatic heterocycles. The second kappa shape index (κ2) is 6.04. The van der Waals surface area contributed by atoms with Crippen molar-refractivity contribution in [2.45, 2.75) is 65.3 Å². The van der Waals surface area contributed by atoms with E-state index in [1.54, 1.807) is 5.57 Å². The van der Waals surface area contributed by atoms with Gasteiger partial charge < -0.3 is 5.32 Å². The van der Waals surface area contributed by atoms with Crippen molar-refractivity contribution < 1.29 is 0 Å². The van der Waals surface area contributed by atoms with Gasteiger partial charge in [-0.2, -0.15) is 0 Å². The predicted octanol–water partition coefficient (Wildman–Crippen LogP) is 4.15. The second-order valence-electron chi connectivity index (χ2n) is 6.49. The molecular weight excluding hydrogens is 206 g/mol. The first kappa shape index (κ1) is 13.1. The molecular formula is C16H29N. The summed E-state index contributed by atoms with van der Waals surface area (Å²) >= 11 is 0. The Hall–Kier alpha value is -0.300. The normalized spacial score (nSPS) is 31.1. The molecule has 1 heteroatoms. The van der Waals surface area contributed by atoms with Crippen molar-refractivity contribution in [1.29, 1.82) is 0 Å². The minimum atomic E-state index is 0.781. The van der Waals surface area contributed by atoms with E-state index < -0.39 is 0 Å². The largest absolute Gasteiger partial charge is 0.314 e. The number of hydrogen-bond acceptors (Lipinski definition) is 1. The molecule has 0 aromatic carbocycles. The first-order valence-corrected chi connectivity index (χ1v) is 7.58. The Labute approximate surface area is 107 Å². The van der Waals surface area contributed by atoms with Crippen molar-refractivity contribution in [3.8, 4) is 0 Å². The maximum Gasteiger partial charge on any atom is 0.00671 e. The Balaban J connectivity index is 1.71. The van der Waals surface area contributed by atoms with Crippen molar-refractivity contribution in [3.05, 3.63) is 11.6 Å². The molecule has 2 aliphatic rings. The quantitative estimate of drug-likeness (QED) is 0.682. The molecule has 3 unspecified atom stereocenters. The van der Waals surface area contributed by atoms with Crippen LogP contribution in [0.25, 0.3) is 0 Å². The molecule has 0 bridgehead atoms. The highest BCUT2D eigenvalue weighted by Gasteiger charge is 2.25. The summed E-state index contributed by atoms with van der Waals surface area (Å²) in [7, 11) is 0. The van der Waals surface area contributed by atoms with Crippen molar-refractivity contribution in [3.63, 3.8) is 0 Å². The summed E-state index contributed by atoms with van der Waals surface area (Å²) in [5, 5.41) is 3.82. The summed E-state index contributed by atoms with van der Waals surface area (Å²) < 4.78 is 0. The van der Waals surface area contributed by atoms with E-state index in [1.807, 2.05) is 0 Å². The van der Waals surface area contributed by atoms with Gasteiger partial charge in [0.1, 0.15) is 0 Å². The molecule has 17 heavy (non-hydrogen) atoms. The Kier molecular flexibility index (Phi) is 4.67. The molecule has 2 aliphatic carbocycles. The van der Waals surface area contributed by atoms with Crippen molar-refractivity contribution in [2.24, 2.45) is 17.8 Å². The Morgan fingerprint density at radius 1 is 1.35 bits per heavy atom. The molecule has 0 saturated heterocycles. The average molecular weight is 235 g/mol. The zero-order chi connectivity index (χ0) is 12.3. The van der Waals surface area contributed by atoms with Gasteiger partial charge in [-0.1, -0.05) is 38.3 Å². The van der Waals surface area contributed by atoms with Crippen LogP contribution in [0.5, 0.6) is 0 Å². The monoisotopic (exact) mass is 235 g/mol. The number of hydrogen-bond donors (Lipinski definition) is 1. The average Bonchev–Trinajstić information content (AvgIpc) is 3.06. The fourth-order valence-electron chi connectivity index (χ4n) is 3.33. The van der Waals surface area contributed by atoms with Gasteiger partial charge in [-0.05, 0) is 56.9 Å². The summed E-state index contributed by atoms with van der Waals surface area (Å²) in [5.74, 6) is 2.72. The highest BCUT2D eigenvalue weighted by molar-refractivity contribution is 5.06. The van der Waals surface area contributed by atoms with Crippen LogP contribution < -0.4 is 5.32 Å². The lowest BCUT2D eigenvalue weighted by Gasteiger charge is -2.27. The van der Waals surface area contributed by atoms with Crippen molar-refractivity contribution in [2.75, 3.05) is 6.54 Å². The zero-order valence-electron chi connectivity index (χ0n) is 11.8. The number of allylic oxidation sites excluding steroid dienone is 2. The molecule has 1 saturated carbocycles.